The third-order valence-corrected chi connectivity index (χ3v) is 1.41. The van der Waals surface area contributed by atoms with Crippen LogP contribution in [0.4, 0.5) is 0 Å². The van der Waals surface area contributed by atoms with Gasteiger partial charge < -0.3 is 4.74 Å². The summed E-state index contributed by atoms with van der Waals surface area (Å²) in [4.78, 5) is 0. The summed E-state index contributed by atoms with van der Waals surface area (Å²) < 4.78 is 19.6. The molecule has 0 spiro atoms. The maximum absolute atomic E-state index is 10.2. The van der Waals surface area contributed by atoms with Crippen LogP contribution >= 0.6 is 0 Å². The number of hydrogen-bond donors (Lipinski definition) is 0. The second-order valence-corrected chi connectivity index (χ2v) is 2.23. The standard InChI is InChI=1S/C3H6O3S/c4-7-3-5-1-2-6-7/h1-3H2. The topological polar surface area (TPSA) is 35.5 Å². The van der Waals surface area contributed by atoms with E-state index in [1.54, 1.807) is 0 Å². The zero-order chi connectivity index (χ0) is 5.11. The van der Waals surface area contributed by atoms with E-state index in [0.29, 0.717) is 13.2 Å². The van der Waals surface area contributed by atoms with Crippen LogP contribution in [0.3, 0.4) is 0 Å². The molecule has 0 saturated carbocycles. The Morgan fingerprint density at radius 3 is 2.57 bits per heavy atom. The molecule has 0 radical (unpaired) electrons. The predicted octanol–water partition coefficient (Wildman–Crippen LogP) is -0.346. The molecule has 1 rings (SSSR count). The maximum atomic E-state index is 10.2. The van der Waals surface area contributed by atoms with E-state index < -0.39 is 11.1 Å². The average Bonchev–Trinajstić information content (AvgIpc) is 1.69. The highest BCUT2D eigenvalue weighted by Gasteiger charge is 2.04. The first kappa shape index (κ1) is 5.21. The van der Waals surface area contributed by atoms with Crippen molar-refractivity contribution in [3.63, 3.8) is 0 Å². The highest BCUT2D eigenvalue weighted by atomic mass is 32.2. The normalized spacial score (nSPS) is 32.9. The van der Waals surface area contributed by atoms with Gasteiger partial charge in [0.15, 0.2) is 11.1 Å². The fraction of sp³-hybridized carbons (Fsp3) is 1.00. The molecule has 0 aliphatic carbocycles. The zero-order valence-electron chi connectivity index (χ0n) is 3.75. The average molecular weight is 122 g/mol. The van der Waals surface area contributed by atoms with E-state index in [0.717, 1.165) is 0 Å². The van der Waals surface area contributed by atoms with Crippen LogP contribution in [0.2, 0.25) is 0 Å². The van der Waals surface area contributed by atoms with Crippen molar-refractivity contribution >= 4 is 11.1 Å². The molecule has 1 saturated heterocycles. The third-order valence-electron chi connectivity index (χ3n) is 0.622. The van der Waals surface area contributed by atoms with Gasteiger partial charge in [0.2, 0.25) is 0 Å². The summed E-state index contributed by atoms with van der Waals surface area (Å²) in [6.07, 6.45) is 0. The smallest absolute Gasteiger partial charge is 0.182 e. The molecule has 1 heterocycles. The zero-order valence-corrected chi connectivity index (χ0v) is 4.57. The fourth-order valence-corrected chi connectivity index (χ4v) is 0.923. The molecule has 1 aliphatic heterocycles. The minimum absolute atomic E-state index is 0.236. The Labute approximate surface area is 44.3 Å². The van der Waals surface area contributed by atoms with E-state index in [4.69, 9.17) is 4.74 Å². The SMILES string of the molecule is O=S1COCCO1. The molecule has 1 aliphatic rings. The lowest BCUT2D eigenvalue weighted by Gasteiger charge is -2.08. The van der Waals surface area contributed by atoms with Crippen molar-refractivity contribution in [2.45, 2.75) is 0 Å². The summed E-state index contributed by atoms with van der Waals surface area (Å²) in [5, 5.41) is 0. The molecule has 1 atom stereocenters. The van der Waals surface area contributed by atoms with Crippen molar-refractivity contribution in [1.29, 1.82) is 0 Å². The Morgan fingerprint density at radius 1 is 1.43 bits per heavy atom. The van der Waals surface area contributed by atoms with Gasteiger partial charge in [-0.3, -0.25) is 4.18 Å². The first-order valence-corrected chi connectivity index (χ1v) is 3.23. The van der Waals surface area contributed by atoms with Crippen molar-refractivity contribution < 1.29 is 13.1 Å². The first-order valence-electron chi connectivity index (χ1n) is 1.99. The molecule has 7 heavy (non-hydrogen) atoms. The first-order chi connectivity index (χ1) is 3.39. The van der Waals surface area contributed by atoms with E-state index in [2.05, 4.69) is 4.18 Å². The van der Waals surface area contributed by atoms with E-state index >= 15 is 0 Å². The summed E-state index contributed by atoms with van der Waals surface area (Å²) in [6.45, 7) is 1.04. The second kappa shape index (κ2) is 2.40. The van der Waals surface area contributed by atoms with Gasteiger partial charge in [-0.05, 0) is 0 Å². The Hall–Kier alpha value is 0.0700. The van der Waals surface area contributed by atoms with Gasteiger partial charge in [-0.15, -0.1) is 0 Å². The molecule has 1 fully saturated rings. The summed E-state index contributed by atoms with van der Waals surface area (Å²) in [5.41, 5.74) is 0. The summed E-state index contributed by atoms with van der Waals surface area (Å²) in [6, 6.07) is 0. The molecule has 0 aromatic heterocycles. The van der Waals surface area contributed by atoms with E-state index in [1.165, 1.54) is 0 Å². The molecule has 0 N–H and O–H groups in total. The van der Waals surface area contributed by atoms with E-state index in [9.17, 15) is 4.21 Å². The lowest BCUT2D eigenvalue weighted by molar-refractivity contribution is 0.106. The fourth-order valence-electron chi connectivity index (χ4n) is 0.347. The van der Waals surface area contributed by atoms with Crippen molar-refractivity contribution in [2.24, 2.45) is 0 Å². The van der Waals surface area contributed by atoms with Gasteiger partial charge in [0.1, 0.15) is 5.94 Å². The van der Waals surface area contributed by atoms with Crippen LogP contribution in [0.15, 0.2) is 0 Å². The molecule has 0 bridgehead atoms. The van der Waals surface area contributed by atoms with Gasteiger partial charge in [0, 0.05) is 0 Å². The molecule has 0 amide bonds. The number of ether oxygens (including phenoxy) is 1. The predicted molar refractivity (Wildman–Crippen MR) is 24.9 cm³/mol. The highest BCUT2D eigenvalue weighted by Crippen LogP contribution is 1.93. The van der Waals surface area contributed by atoms with Crippen LogP contribution in [-0.4, -0.2) is 23.4 Å². The van der Waals surface area contributed by atoms with Crippen LogP contribution in [0.1, 0.15) is 0 Å². The Morgan fingerprint density at radius 2 is 2.29 bits per heavy atom. The molecule has 0 aromatic carbocycles. The molecule has 0 aromatic rings. The maximum Gasteiger partial charge on any atom is 0.182 e. The largest absolute Gasteiger partial charge is 0.363 e. The van der Waals surface area contributed by atoms with E-state index in [-0.39, 0.29) is 5.94 Å². The molecular weight excluding hydrogens is 116 g/mol. The number of rotatable bonds is 0. The van der Waals surface area contributed by atoms with Crippen LogP contribution < -0.4 is 0 Å². The summed E-state index contributed by atoms with van der Waals surface area (Å²) >= 11 is -1.16. The van der Waals surface area contributed by atoms with Crippen molar-refractivity contribution in [1.82, 2.24) is 0 Å². The molecule has 1 unspecified atom stereocenters. The monoisotopic (exact) mass is 122 g/mol. The third kappa shape index (κ3) is 1.54. The minimum atomic E-state index is -1.16. The Kier molecular flexibility index (Phi) is 1.78. The minimum Gasteiger partial charge on any atom is -0.363 e. The summed E-state index contributed by atoms with van der Waals surface area (Å²) in [5.74, 6) is 0.236. The van der Waals surface area contributed by atoms with Crippen molar-refractivity contribution in [3.05, 3.63) is 0 Å². The lowest BCUT2D eigenvalue weighted by Crippen LogP contribution is -2.17. The Bertz CT molecular complexity index is 74.2. The number of hydrogen-bond acceptors (Lipinski definition) is 3. The lowest BCUT2D eigenvalue weighted by atomic mass is 10.8. The van der Waals surface area contributed by atoms with Crippen molar-refractivity contribution in [2.75, 3.05) is 19.2 Å². The molecular formula is C3H6O3S. The second-order valence-electron chi connectivity index (χ2n) is 1.15. The van der Waals surface area contributed by atoms with Crippen LogP contribution in [0, 0.1) is 0 Å². The van der Waals surface area contributed by atoms with Crippen LogP contribution in [0.5, 0.6) is 0 Å². The Balaban J connectivity index is 2.25. The van der Waals surface area contributed by atoms with Crippen LogP contribution in [0.25, 0.3) is 0 Å². The van der Waals surface area contributed by atoms with Gasteiger partial charge in [-0.25, -0.2) is 4.21 Å². The molecule has 3 nitrogen and oxygen atoms in total. The van der Waals surface area contributed by atoms with E-state index in [1.807, 2.05) is 0 Å². The van der Waals surface area contributed by atoms with Gasteiger partial charge in [-0.1, -0.05) is 0 Å². The van der Waals surface area contributed by atoms with Gasteiger partial charge >= 0.3 is 0 Å². The summed E-state index contributed by atoms with van der Waals surface area (Å²) in [7, 11) is 0. The molecule has 42 valence electrons. The van der Waals surface area contributed by atoms with Gasteiger partial charge in [-0.2, -0.15) is 0 Å². The van der Waals surface area contributed by atoms with Gasteiger partial charge in [0.05, 0.1) is 13.2 Å². The van der Waals surface area contributed by atoms with Crippen LogP contribution in [-0.2, 0) is 20.0 Å². The highest BCUT2D eigenvalue weighted by molar-refractivity contribution is 7.80. The van der Waals surface area contributed by atoms with Crippen molar-refractivity contribution in [3.8, 4) is 0 Å². The van der Waals surface area contributed by atoms with Gasteiger partial charge in [0.25, 0.3) is 0 Å². The molecule has 4 heteroatoms. The quantitative estimate of drug-likeness (QED) is 0.440.